The molecular weight excluding hydrogens is 340 g/mol. The molecule has 2 fully saturated rings. The Kier molecular flexibility index (Phi) is 5.46. The van der Waals surface area contributed by atoms with Crippen LogP contribution >= 0.6 is 0 Å². The zero-order valence-corrected chi connectivity index (χ0v) is 15.1. The highest BCUT2D eigenvalue weighted by molar-refractivity contribution is 7.92. The van der Waals surface area contributed by atoms with E-state index in [2.05, 4.69) is 10.6 Å². The van der Waals surface area contributed by atoms with Crippen molar-refractivity contribution >= 4 is 15.7 Å². The number of carbonyl (C=O) groups excluding carboxylic acids is 1. The summed E-state index contributed by atoms with van der Waals surface area (Å²) in [6, 6.07) is 8.32. The minimum absolute atomic E-state index is 0.213. The number of sulfone groups is 1. The monoisotopic (exact) mass is 366 g/mol. The van der Waals surface area contributed by atoms with E-state index in [1.165, 1.54) is 0 Å². The molecule has 138 valence electrons. The van der Waals surface area contributed by atoms with Gasteiger partial charge in [-0.1, -0.05) is 18.2 Å². The van der Waals surface area contributed by atoms with Crippen molar-refractivity contribution in [2.45, 2.75) is 54.4 Å². The fourth-order valence-corrected chi connectivity index (χ4v) is 5.68. The van der Waals surface area contributed by atoms with Crippen LogP contribution in [0.25, 0.3) is 0 Å². The average molecular weight is 366 g/mol. The number of aliphatic hydroxyl groups excluding tert-OH is 1. The van der Waals surface area contributed by atoms with Crippen LogP contribution in [0.1, 0.15) is 38.5 Å². The molecule has 6 nitrogen and oxygen atoms in total. The molecule has 1 aromatic carbocycles. The first-order valence-corrected chi connectivity index (χ1v) is 10.4. The van der Waals surface area contributed by atoms with Crippen molar-refractivity contribution in [1.82, 2.24) is 10.6 Å². The van der Waals surface area contributed by atoms with Crippen LogP contribution in [0.2, 0.25) is 0 Å². The molecule has 1 aliphatic heterocycles. The third kappa shape index (κ3) is 3.73. The molecule has 0 unspecified atom stereocenters. The summed E-state index contributed by atoms with van der Waals surface area (Å²) >= 11 is 0. The Morgan fingerprint density at radius 1 is 1.16 bits per heavy atom. The number of amides is 1. The molecule has 3 rings (SSSR count). The zero-order valence-electron chi connectivity index (χ0n) is 14.3. The van der Waals surface area contributed by atoms with Gasteiger partial charge in [-0.2, -0.15) is 0 Å². The molecule has 1 atom stereocenters. The fraction of sp³-hybridized carbons (Fsp3) is 0.611. The molecular formula is C18H26N2O4S. The van der Waals surface area contributed by atoms with Crippen LogP contribution in [-0.2, 0) is 14.6 Å². The molecule has 25 heavy (non-hydrogen) atoms. The molecule has 7 heteroatoms. The molecule has 1 heterocycles. The van der Waals surface area contributed by atoms with Gasteiger partial charge in [-0.05, 0) is 57.2 Å². The number of rotatable bonds is 4. The van der Waals surface area contributed by atoms with Gasteiger partial charge in [0.2, 0.25) is 15.7 Å². The van der Waals surface area contributed by atoms with Gasteiger partial charge in [0.1, 0.15) is 0 Å². The largest absolute Gasteiger partial charge is 0.393 e. The Bertz CT molecular complexity index is 691. The summed E-state index contributed by atoms with van der Waals surface area (Å²) in [6.07, 6.45) is 3.13. The predicted molar refractivity (Wildman–Crippen MR) is 94.6 cm³/mol. The molecule has 1 aromatic rings. The summed E-state index contributed by atoms with van der Waals surface area (Å²) < 4.78 is 26.6. The summed E-state index contributed by atoms with van der Waals surface area (Å²) in [4.78, 5) is 11.7. The summed E-state index contributed by atoms with van der Waals surface area (Å²) in [5.74, 6) is -0.441. The summed E-state index contributed by atoms with van der Waals surface area (Å²) in [5.41, 5.74) is 0. The maximum absolute atomic E-state index is 13.3. The number of carbonyl (C=O) groups is 1. The van der Waals surface area contributed by atoms with Crippen molar-refractivity contribution in [2.24, 2.45) is 5.92 Å². The Labute approximate surface area is 148 Å². The van der Waals surface area contributed by atoms with Crippen molar-refractivity contribution in [3.8, 4) is 0 Å². The molecule has 2 aliphatic rings. The lowest BCUT2D eigenvalue weighted by Gasteiger charge is -2.39. The van der Waals surface area contributed by atoms with E-state index < -0.39 is 14.7 Å². The van der Waals surface area contributed by atoms with Gasteiger partial charge in [0.25, 0.3) is 0 Å². The molecule has 0 radical (unpaired) electrons. The summed E-state index contributed by atoms with van der Waals surface area (Å²) in [5, 5.41) is 15.6. The molecule has 3 N–H and O–H groups in total. The van der Waals surface area contributed by atoms with Gasteiger partial charge in [-0.25, -0.2) is 8.42 Å². The standard InChI is InChI=1S/C18H26N2O4S/c21-15-9-7-14(8-10-15)17(22)20-18(11-4-12-19-13-18)25(23,24)16-5-2-1-3-6-16/h1-3,5-6,14-15,19,21H,4,7-13H2,(H,20,22)/t14?,15?,18-/m1/s1. The first-order chi connectivity index (χ1) is 11.9. The number of hydrogen-bond acceptors (Lipinski definition) is 5. The Hall–Kier alpha value is -1.44. The van der Waals surface area contributed by atoms with Crippen LogP contribution in [0.3, 0.4) is 0 Å². The van der Waals surface area contributed by atoms with Gasteiger partial charge in [-0.3, -0.25) is 4.79 Å². The van der Waals surface area contributed by atoms with E-state index in [1.54, 1.807) is 30.3 Å². The fourth-order valence-electron chi connectivity index (χ4n) is 3.77. The highest BCUT2D eigenvalue weighted by Crippen LogP contribution is 2.31. The van der Waals surface area contributed by atoms with Crippen molar-refractivity contribution in [2.75, 3.05) is 13.1 Å². The number of benzene rings is 1. The van der Waals surface area contributed by atoms with E-state index in [9.17, 15) is 18.3 Å². The van der Waals surface area contributed by atoms with Crippen molar-refractivity contribution < 1.29 is 18.3 Å². The average Bonchev–Trinajstić information content (AvgIpc) is 2.63. The molecule has 1 saturated carbocycles. The maximum Gasteiger partial charge on any atom is 0.224 e. The third-order valence-electron chi connectivity index (χ3n) is 5.33. The third-order valence-corrected chi connectivity index (χ3v) is 7.70. The van der Waals surface area contributed by atoms with E-state index in [-0.39, 0.29) is 29.4 Å². The van der Waals surface area contributed by atoms with Gasteiger partial charge >= 0.3 is 0 Å². The highest BCUT2D eigenvalue weighted by Gasteiger charge is 2.47. The Morgan fingerprint density at radius 2 is 1.84 bits per heavy atom. The van der Waals surface area contributed by atoms with E-state index in [4.69, 9.17) is 0 Å². The lowest BCUT2D eigenvalue weighted by atomic mass is 9.86. The van der Waals surface area contributed by atoms with Crippen molar-refractivity contribution in [1.29, 1.82) is 0 Å². The highest BCUT2D eigenvalue weighted by atomic mass is 32.2. The Morgan fingerprint density at radius 3 is 2.44 bits per heavy atom. The van der Waals surface area contributed by atoms with Crippen molar-refractivity contribution in [3.63, 3.8) is 0 Å². The smallest absolute Gasteiger partial charge is 0.224 e. The van der Waals surface area contributed by atoms with E-state index in [1.807, 2.05) is 0 Å². The van der Waals surface area contributed by atoms with E-state index in [0.29, 0.717) is 38.5 Å². The minimum atomic E-state index is -3.71. The second-order valence-electron chi connectivity index (χ2n) is 7.09. The van der Waals surface area contributed by atoms with Gasteiger partial charge in [0, 0.05) is 12.5 Å². The van der Waals surface area contributed by atoms with Crippen molar-refractivity contribution in [3.05, 3.63) is 30.3 Å². The second kappa shape index (κ2) is 7.43. The van der Waals surface area contributed by atoms with Gasteiger partial charge < -0.3 is 15.7 Å². The lowest BCUT2D eigenvalue weighted by Crippen LogP contribution is -2.63. The van der Waals surface area contributed by atoms with Crippen LogP contribution in [0.5, 0.6) is 0 Å². The zero-order chi connectivity index (χ0) is 17.9. The molecule has 0 bridgehead atoms. The maximum atomic E-state index is 13.3. The SMILES string of the molecule is O=C(N[C@@]1(S(=O)(=O)c2ccccc2)CCCNC1)C1CCC(O)CC1. The van der Waals surface area contributed by atoms with Crippen LogP contribution in [0.15, 0.2) is 35.2 Å². The predicted octanol–water partition coefficient (Wildman–Crippen LogP) is 1.21. The van der Waals surface area contributed by atoms with Gasteiger partial charge in [0.05, 0.1) is 11.0 Å². The summed E-state index contributed by atoms with van der Waals surface area (Å²) in [7, 11) is -3.71. The first kappa shape index (κ1) is 18.4. The number of hydrogen-bond donors (Lipinski definition) is 3. The number of piperidine rings is 1. The molecule has 1 saturated heterocycles. The van der Waals surface area contributed by atoms with Crippen LogP contribution in [0.4, 0.5) is 0 Å². The number of nitrogens with one attached hydrogen (secondary N) is 2. The van der Waals surface area contributed by atoms with Crippen LogP contribution < -0.4 is 10.6 Å². The van der Waals surface area contributed by atoms with Gasteiger partial charge in [-0.15, -0.1) is 0 Å². The molecule has 1 aliphatic carbocycles. The van der Waals surface area contributed by atoms with Gasteiger partial charge in [0.15, 0.2) is 4.87 Å². The molecule has 0 aromatic heterocycles. The topological polar surface area (TPSA) is 95.5 Å². The Balaban J connectivity index is 1.85. The lowest BCUT2D eigenvalue weighted by molar-refractivity contribution is -0.127. The minimum Gasteiger partial charge on any atom is -0.393 e. The van der Waals surface area contributed by atoms with Crippen LogP contribution in [-0.4, -0.2) is 43.5 Å². The first-order valence-electron chi connectivity index (χ1n) is 8.95. The second-order valence-corrected chi connectivity index (χ2v) is 9.35. The van der Waals surface area contributed by atoms with E-state index >= 15 is 0 Å². The summed E-state index contributed by atoms with van der Waals surface area (Å²) in [6.45, 7) is 0.961. The van der Waals surface area contributed by atoms with Crippen LogP contribution in [0, 0.1) is 5.92 Å². The normalized spacial score (nSPS) is 30.6. The molecule has 1 amide bonds. The number of aliphatic hydroxyl groups is 1. The molecule has 0 spiro atoms. The quantitative estimate of drug-likeness (QED) is 0.744. The van der Waals surface area contributed by atoms with E-state index in [0.717, 1.165) is 6.54 Å².